The molecule has 1 amide bonds. The monoisotopic (exact) mass is 299 g/mol. The molecule has 0 fully saturated rings. The first-order valence-corrected chi connectivity index (χ1v) is 7.31. The van der Waals surface area contributed by atoms with Crippen molar-refractivity contribution in [1.29, 1.82) is 0 Å². The number of ether oxygens (including phenoxy) is 1. The van der Waals surface area contributed by atoms with E-state index < -0.39 is 0 Å². The van der Waals surface area contributed by atoms with E-state index in [4.69, 9.17) is 4.74 Å². The Morgan fingerprint density at radius 2 is 1.95 bits per heavy atom. The fourth-order valence-electron chi connectivity index (χ4n) is 1.74. The highest BCUT2D eigenvalue weighted by atomic mass is 16.5. The molecule has 5 heteroatoms. The summed E-state index contributed by atoms with van der Waals surface area (Å²) in [6.07, 6.45) is 1.70. The third-order valence-electron chi connectivity index (χ3n) is 2.86. The second-order valence-electron chi connectivity index (χ2n) is 5.36. The van der Waals surface area contributed by atoms with Gasteiger partial charge in [0.15, 0.2) is 6.61 Å². The van der Waals surface area contributed by atoms with E-state index in [-0.39, 0.29) is 12.5 Å². The Bertz CT molecular complexity index is 583. The molecule has 2 rings (SSSR count). The van der Waals surface area contributed by atoms with Gasteiger partial charge < -0.3 is 15.4 Å². The second-order valence-corrected chi connectivity index (χ2v) is 5.36. The molecular weight excluding hydrogens is 278 g/mol. The number of nitrogens with one attached hydrogen (secondary N) is 2. The Morgan fingerprint density at radius 3 is 2.59 bits per heavy atom. The predicted octanol–water partition coefficient (Wildman–Crippen LogP) is 3.17. The standard InChI is InChI=1S/C17H21N3O2/c1-13(2)10-18-14-8-9-16(19-11-14)20-17(21)12-22-15-6-4-3-5-7-15/h3-9,11,13,18H,10,12H2,1-2H3,(H,19,20,21). The maximum Gasteiger partial charge on any atom is 0.263 e. The average molecular weight is 299 g/mol. The van der Waals surface area contributed by atoms with Crippen LogP contribution in [0.15, 0.2) is 48.7 Å². The van der Waals surface area contributed by atoms with Crippen molar-refractivity contribution in [3.8, 4) is 5.75 Å². The number of hydrogen-bond acceptors (Lipinski definition) is 4. The Kier molecular flexibility index (Phi) is 5.77. The zero-order valence-corrected chi connectivity index (χ0v) is 12.9. The van der Waals surface area contributed by atoms with E-state index in [1.807, 2.05) is 24.3 Å². The molecule has 0 atom stereocenters. The van der Waals surface area contributed by atoms with Gasteiger partial charge in [0.2, 0.25) is 0 Å². The van der Waals surface area contributed by atoms with Crippen LogP contribution >= 0.6 is 0 Å². The lowest BCUT2D eigenvalue weighted by Gasteiger charge is -2.10. The van der Waals surface area contributed by atoms with Crippen LogP contribution in [0.2, 0.25) is 0 Å². The smallest absolute Gasteiger partial charge is 0.263 e. The summed E-state index contributed by atoms with van der Waals surface area (Å²) in [6.45, 7) is 5.13. The molecule has 0 radical (unpaired) electrons. The average Bonchev–Trinajstić information content (AvgIpc) is 2.53. The maximum atomic E-state index is 11.8. The van der Waals surface area contributed by atoms with E-state index in [9.17, 15) is 4.79 Å². The minimum atomic E-state index is -0.237. The molecule has 0 aliphatic rings. The first-order chi connectivity index (χ1) is 10.6. The van der Waals surface area contributed by atoms with E-state index >= 15 is 0 Å². The highest BCUT2D eigenvalue weighted by molar-refractivity contribution is 5.91. The molecule has 22 heavy (non-hydrogen) atoms. The van der Waals surface area contributed by atoms with Crippen LogP contribution in [0.3, 0.4) is 0 Å². The third kappa shape index (κ3) is 5.44. The van der Waals surface area contributed by atoms with Gasteiger partial charge in [-0.3, -0.25) is 4.79 Å². The third-order valence-corrected chi connectivity index (χ3v) is 2.86. The molecule has 116 valence electrons. The first-order valence-electron chi connectivity index (χ1n) is 7.31. The number of carbonyl (C=O) groups excluding carboxylic acids is 1. The minimum Gasteiger partial charge on any atom is -0.484 e. The van der Waals surface area contributed by atoms with Gasteiger partial charge in [-0.1, -0.05) is 32.0 Å². The number of hydrogen-bond donors (Lipinski definition) is 2. The Hall–Kier alpha value is -2.56. The van der Waals surface area contributed by atoms with Crippen LogP contribution in [-0.4, -0.2) is 24.0 Å². The fraction of sp³-hybridized carbons (Fsp3) is 0.294. The lowest BCUT2D eigenvalue weighted by atomic mass is 10.2. The number of aromatic nitrogens is 1. The molecule has 0 spiro atoms. The molecule has 0 saturated heterocycles. The van der Waals surface area contributed by atoms with Gasteiger partial charge in [0.25, 0.3) is 5.91 Å². The summed E-state index contributed by atoms with van der Waals surface area (Å²) in [4.78, 5) is 16.0. The van der Waals surface area contributed by atoms with Crippen LogP contribution in [0.25, 0.3) is 0 Å². The molecule has 1 heterocycles. The van der Waals surface area contributed by atoms with Crippen LogP contribution in [-0.2, 0) is 4.79 Å². The van der Waals surface area contributed by atoms with E-state index in [0.29, 0.717) is 17.5 Å². The molecule has 0 aliphatic heterocycles. The summed E-state index contributed by atoms with van der Waals surface area (Å²) in [5, 5.41) is 5.97. The summed E-state index contributed by atoms with van der Waals surface area (Å²) in [6, 6.07) is 12.9. The molecule has 0 bridgehead atoms. The van der Waals surface area contributed by atoms with Gasteiger partial charge in [-0.05, 0) is 30.2 Å². The Morgan fingerprint density at radius 1 is 1.18 bits per heavy atom. The summed E-state index contributed by atoms with van der Waals surface area (Å²) < 4.78 is 5.38. The van der Waals surface area contributed by atoms with Crippen molar-refractivity contribution in [2.24, 2.45) is 5.92 Å². The molecule has 1 aromatic heterocycles. The van der Waals surface area contributed by atoms with Gasteiger partial charge in [0.1, 0.15) is 11.6 Å². The molecule has 2 aromatic rings. The van der Waals surface area contributed by atoms with Gasteiger partial charge in [-0.15, -0.1) is 0 Å². The van der Waals surface area contributed by atoms with Gasteiger partial charge in [0.05, 0.1) is 11.9 Å². The summed E-state index contributed by atoms with van der Waals surface area (Å²) in [5.74, 6) is 1.50. The van der Waals surface area contributed by atoms with Crippen molar-refractivity contribution in [3.63, 3.8) is 0 Å². The number of pyridine rings is 1. The van der Waals surface area contributed by atoms with E-state index in [0.717, 1.165) is 12.2 Å². The zero-order valence-electron chi connectivity index (χ0n) is 12.9. The van der Waals surface area contributed by atoms with Crippen molar-refractivity contribution in [1.82, 2.24) is 4.98 Å². The first kappa shape index (κ1) is 15.8. The van der Waals surface area contributed by atoms with E-state index in [2.05, 4.69) is 29.5 Å². The molecule has 2 N–H and O–H groups in total. The van der Waals surface area contributed by atoms with Crippen LogP contribution in [0.1, 0.15) is 13.8 Å². The number of anilines is 2. The topological polar surface area (TPSA) is 63.2 Å². The largest absolute Gasteiger partial charge is 0.484 e. The number of para-hydroxylation sites is 1. The van der Waals surface area contributed by atoms with Crippen molar-refractivity contribution in [2.75, 3.05) is 23.8 Å². The van der Waals surface area contributed by atoms with E-state index in [1.165, 1.54) is 0 Å². The molecule has 1 aromatic carbocycles. The van der Waals surface area contributed by atoms with Crippen molar-refractivity contribution >= 4 is 17.4 Å². The number of carbonyl (C=O) groups is 1. The Labute approximate surface area is 130 Å². The number of nitrogens with zero attached hydrogens (tertiary/aromatic N) is 1. The second kappa shape index (κ2) is 8.02. The summed E-state index contributed by atoms with van der Waals surface area (Å²) >= 11 is 0. The summed E-state index contributed by atoms with van der Waals surface area (Å²) in [7, 11) is 0. The summed E-state index contributed by atoms with van der Waals surface area (Å²) in [5.41, 5.74) is 0.937. The minimum absolute atomic E-state index is 0.0426. The SMILES string of the molecule is CC(C)CNc1ccc(NC(=O)COc2ccccc2)nc1. The van der Waals surface area contributed by atoms with E-state index in [1.54, 1.807) is 24.4 Å². The normalized spacial score (nSPS) is 10.3. The fourth-order valence-corrected chi connectivity index (χ4v) is 1.74. The van der Waals surface area contributed by atoms with Crippen molar-refractivity contribution < 1.29 is 9.53 Å². The van der Waals surface area contributed by atoms with Crippen molar-refractivity contribution in [3.05, 3.63) is 48.7 Å². The van der Waals surface area contributed by atoms with Gasteiger partial charge in [-0.25, -0.2) is 4.98 Å². The zero-order chi connectivity index (χ0) is 15.8. The van der Waals surface area contributed by atoms with Gasteiger partial charge in [0, 0.05) is 6.54 Å². The molecular formula is C17H21N3O2. The lowest BCUT2D eigenvalue weighted by Crippen LogP contribution is -2.20. The lowest BCUT2D eigenvalue weighted by molar-refractivity contribution is -0.118. The number of rotatable bonds is 7. The molecule has 0 saturated carbocycles. The van der Waals surface area contributed by atoms with Crippen LogP contribution in [0.4, 0.5) is 11.5 Å². The molecule has 0 unspecified atom stereocenters. The van der Waals surface area contributed by atoms with Crippen LogP contribution < -0.4 is 15.4 Å². The predicted molar refractivity (Wildman–Crippen MR) is 88.1 cm³/mol. The highest BCUT2D eigenvalue weighted by Gasteiger charge is 2.04. The van der Waals surface area contributed by atoms with Gasteiger partial charge >= 0.3 is 0 Å². The van der Waals surface area contributed by atoms with Crippen LogP contribution in [0, 0.1) is 5.92 Å². The maximum absolute atomic E-state index is 11.8. The number of amides is 1. The number of benzene rings is 1. The van der Waals surface area contributed by atoms with Crippen LogP contribution in [0.5, 0.6) is 5.75 Å². The van der Waals surface area contributed by atoms with Gasteiger partial charge in [-0.2, -0.15) is 0 Å². The Balaban J connectivity index is 1.79. The highest BCUT2D eigenvalue weighted by Crippen LogP contribution is 2.11. The molecule has 5 nitrogen and oxygen atoms in total. The quantitative estimate of drug-likeness (QED) is 0.824. The van der Waals surface area contributed by atoms with Crippen molar-refractivity contribution in [2.45, 2.75) is 13.8 Å². The molecule has 0 aliphatic carbocycles.